The van der Waals surface area contributed by atoms with E-state index < -0.39 is 0 Å². The maximum atomic E-state index is 5.17. The number of hydrogen-bond acceptors (Lipinski definition) is 3. The number of oxime groups is 1. The van der Waals surface area contributed by atoms with Crippen LogP contribution in [0.2, 0.25) is 0 Å². The number of methoxy groups -OCH3 is 1. The predicted octanol–water partition coefficient (Wildman–Crippen LogP) is 2.37. The highest BCUT2D eigenvalue weighted by molar-refractivity contribution is 6.01. The molecule has 0 aromatic heterocycles. The highest BCUT2D eigenvalue weighted by atomic mass is 16.6. The summed E-state index contributed by atoms with van der Waals surface area (Å²) in [6.07, 6.45) is 2.54. The molecule has 1 heterocycles. The molecule has 1 atom stereocenters. The molecule has 78 valence electrons. The van der Waals surface area contributed by atoms with E-state index >= 15 is 0 Å². The Morgan fingerprint density at radius 2 is 2.47 bits per heavy atom. The monoisotopic (exact) mass is 203 g/mol. The lowest BCUT2D eigenvalue weighted by Crippen LogP contribution is -2.04. The van der Waals surface area contributed by atoms with Gasteiger partial charge in [-0.2, -0.15) is 0 Å². The van der Waals surface area contributed by atoms with E-state index in [4.69, 9.17) is 9.57 Å². The lowest BCUT2D eigenvalue weighted by molar-refractivity contribution is 0.120. The Balaban J connectivity index is 2.20. The largest absolute Gasteiger partial charge is 0.497 e. The summed E-state index contributed by atoms with van der Waals surface area (Å²) in [6, 6.07) is 7.80. The van der Waals surface area contributed by atoms with Crippen molar-refractivity contribution in [3.05, 3.63) is 42.5 Å². The van der Waals surface area contributed by atoms with Gasteiger partial charge in [0, 0.05) is 12.0 Å². The van der Waals surface area contributed by atoms with E-state index in [1.807, 2.05) is 24.3 Å². The first-order valence-electron chi connectivity index (χ1n) is 4.83. The van der Waals surface area contributed by atoms with Gasteiger partial charge in [0.1, 0.15) is 5.75 Å². The van der Waals surface area contributed by atoms with E-state index in [0.717, 1.165) is 23.4 Å². The normalized spacial score (nSPS) is 19.3. The first kappa shape index (κ1) is 9.77. The molecule has 0 bridgehead atoms. The van der Waals surface area contributed by atoms with Gasteiger partial charge in [0.2, 0.25) is 0 Å². The van der Waals surface area contributed by atoms with Crippen LogP contribution in [-0.4, -0.2) is 18.9 Å². The minimum Gasteiger partial charge on any atom is -0.497 e. The van der Waals surface area contributed by atoms with E-state index in [1.165, 1.54) is 0 Å². The van der Waals surface area contributed by atoms with Crippen molar-refractivity contribution in [2.45, 2.75) is 12.5 Å². The molecular weight excluding hydrogens is 190 g/mol. The molecule has 0 saturated heterocycles. The second-order valence-electron chi connectivity index (χ2n) is 3.35. The molecule has 0 N–H and O–H groups in total. The van der Waals surface area contributed by atoms with Crippen molar-refractivity contribution >= 4 is 5.71 Å². The van der Waals surface area contributed by atoms with Gasteiger partial charge < -0.3 is 9.57 Å². The van der Waals surface area contributed by atoms with Crippen LogP contribution in [0.5, 0.6) is 5.75 Å². The van der Waals surface area contributed by atoms with Gasteiger partial charge >= 0.3 is 0 Å². The Morgan fingerprint density at radius 3 is 3.13 bits per heavy atom. The molecular formula is C12H13NO2. The van der Waals surface area contributed by atoms with Crippen LogP contribution in [0.15, 0.2) is 42.1 Å². The van der Waals surface area contributed by atoms with Gasteiger partial charge in [-0.3, -0.25) is 0 Å². The van der Waals surface area contributed by atoms with Crippen LogP contribution >= 0.6 is 0 Å². The Kier molecular flexibility index (Phi) is 2.72. The quantitative estimate of drug-likeness (QED) is 0.706. The van der Waals surface area contributed by atoms with E-state index in [2.05, 4.69) is 11.7 Å². The molecule has 0 amide bonds. The molecule has 1 aliphatic heterocycles. The van der Waals surface area contributed by atoms with Crippen molar-refractivity contribution in [1.82, 2.24) is 0 Å². The van der Waals surface area contributed by atoms with Crippen molar-refractivity contribution in [2.24, 2.45) is 5.16 Å². The van der Waals surface area contributed by atoms with Crippen LogP contribution in [0.1, 0.15) is 12.0 Å². The highest BCUT2D eigenvalue weighted by Crippen LogP contribution is 2.20. The number of nitrogens with zero attached hydrogens (tertiary/aromatic N) is 1. The molecule has 3 heteroatoms. The third kappa shape index (κ3) is 2.01. The van der Waals surface area contributed by atoms with Crippen LogP contribution < -0.4 is 4.74 Å². The van der Waals surface area contributed by atoms with E-state index in [9.17, 15) is 0 Å². The molecule has 1 aromatic rings. The van der Waals surface area contributed by atoms with Crippen molar-refractivity contribution in [3.63, 3.8) is 0 Å². The first-order chi connectivity index (χ1) is 7.33. The Hall–Kier alpha value is -1.77. The second kappa shape index (κ2) is 4.17. The van der Waals surface area contributed by atoms with Gasteiger partial charge in [0.05, 0.1) is 12.8 Å². The minimum absolute atomic E-state index is 0.00574. The summed E-state index contributed by atoms with van der Waals surface area (Å²) in [5.74, 6) is 0.831. The van der Waals surface area contributed by atoms with Crippen LogP contribution in [0.3, 0.4) is 0 Å². The standard InChI is InChI=1S/C12H13NO2/c1-3-10-8-12(13-15-10)9-5-4-6-11(7-9)14-2/h3-7,10H,1,8H2,2H3. The average Bonchev–Trinajstić information content (AvgIpc) is 2.78. The summed E-state index contributed by atoms with van der Waals surface area (Å²) in [7, 11) is 1.65. The maximum absolute atomic E-state index is 5.17. The Morgan fingerprint density at radius 1 is 1.60 bits per heavy atom. The molecule has 15 heavy (non-hydrogen) atoms. The van der Waals surface area contributed by atoms with Crippen molar-refractivity contribution in [1.29, 1.82) is 0 Å². The third-order valence-corrected chi connectivity index (χ3v) is 2.36. The number of ether oxygens (including phenoxy) is 1. The highest BCUT2D eigenvalue weighted by Gasteiger charge is 2.19. The zero-order valence-corrected chi connectivity index (χ0v) is 8.64. The molecule has 1 aliphatic rings. The first-order valence-corrected chi connectivity index (χ1v) is 4.83. The summed E-state index contributed by atoms with van der Waals surface area (Å²) in [5.41, 5.74) is 1.98. The molecule has 1 aromatic carbocycles. The molecule has 0 fully saturated rings. The van der Waals surface area contributed by atoms with E-state index in [0.29, 0.717) is 0 Å². The van der Waals surface area contributed by atoms with Gasteiger partial charge in [0.25, 0.3) is 0 Å². The summed E-state index contributed by atoms with van der Waals surface area (Å²) in [6.45, 7) is 3.68. The lowest BCUT2D eigenvalue weighted by atomic mass is 10.0. The zero-order valence-electron chi connectivity index (χ0n) is 8.64. The van der Waals surface area contributed by atoms with Crippen LogP contribution in [-0.2, 0) is 4.84 Å². The number of hydrogen-bond donors (Lipinski definition) is 0. The van der Waals surface area contributed by atoms with Gasteiger partial charge in [-0.25, -0.2) is 0 Å². The molecule has 0 radical (unpaired) electrons. The number of benzene rings is 1. The molecule has 0 saturated carbocycles. The smallest absolute Gasteiger partial charge is 0.151 e. The predicted molar refractivity (Wildman–Crippen MR) is 59.2 cm³/mol. The Labute approximate surface area is 89.0 Å². The number of rotatable bonds is 3. The SMILES string of the molecule is C=CC1CC(c2cccc(OC)c2)=NO1. The fourth-order valence-electron chi connectivity index (χ4n) is 1.50. The van der Waals surface area contributed by atoms with Crippen molar-refractivity contribution in [2.75, 3.05) is 7.11 Å². The van der Waals surface area contributed by atoms with Crippen molar-refractivity contribution < 1.29 is 9.57 Å². The van der Waals surface area contributed by atoms with Crippen LogP contribution in [0.4, 0.5) is 0 Å². The molecule has 2 rings (SSSR count). The maximum Gasteiger partial charge on any atom is 0.151 e. The molecule has 1 unspecified atom stereocenters. The minimum atomic E-state index is 0.00574. The van der Waals surface area contributed by atoms with Gasteiger partial charge in [-0.15, -0.1) is 0 Å². The fraction of sp³-hybridized carbons (Fsp3) is 0.250. The van der Waals surface area contributed by atoms with Gasteiger partial charge in [0.15, 0.2) is 6.10 Å². The van der Waals surface area contributed by atoms with Crippen LogP contribution in [0, 0.1) is 0 Å². The topological polar surface area (TPSA) is 30.8 Å². The van der Waals surface area contributed by atoms with E-state index in [1.54, 1.807) is 13.2 Å². The summed E-state index contributed by atoms with van der Waals surface area (Å²) < 4.78 is 5.15. The zero-order chi connectivity index (χ0) is 10.7. The molecule has 0 spiro atoms. The lowest BCUT2D eigenvalue weighted by Gasteiger charge is -2.02. The van der Waals surface area contributed by atoms with Crippen molar-refractivity contribution in [3.8, 4) is 5.75 Å². The third-order valence-electron chi connectivity index (χ3n) is 2.36. The summed E-state index contributed by atoms with van der Waals surface area (Å²) in [4.78, 5) is 5.17. The van der Waals surface area contributed by atoms with E-state index in [-0.39, 0.29) is 6.10 Å². The summed E-state index contributed by atoms with van der Waals surface area (Å²) in [5, 5.41) is 4.02. The average molecular weight is 203 g/mol. The Bertz CT molecular complexity index is 398. The van der Waals surface area contributed by atoms with Gasteiger partial charge in [-0.05, 0) is 18.2 Å². The molecule has 0 aliphatic carbocycles. The van der Waals surface area contributed by atoms with Gasteiger partial charge in [-0.1, -0.05) is 23.9 Å². The summed E-state index contributed by atoms with van der Waals surface area (Å²) >= 11 is 0. The van der Waals surface area contributed by atoms with Crippen LogP contribution in [0.25, 0.3) is 0 Å². The second-order valence-corrected chi connectivity index (χ2v) is 3.35. The fourth-order valence-corrected chi connectivity index (χ4v) is 1.50. The molecule has 3 nitrogen and oxygen atoms in total.